The van der Waals surface area contributed by atoms with Gasteiger partial charge in [-0.1, -0.05) is 0 Å². The number of hydrogen-bond donors (Lipinski definition) is 0. The lowest BCUT2D eigenvalue weighted by Crippen LogP contribution is -2.63. The second-order valence-corrected chi connectivity index (χ2v) is 11.0. The number of esters is 10. The van der Waals surface area contributed by atoms with Crippen LogP contribution in [-0.4, -0.2) is 134 Å². The Morgan fingerprint density at radius 3 is 1.31 bits per heavy atom. The van der Waals surface area contributed by atoms with Gasteiger partial charge in [0, 0.05) is 69.2 Å². The second kappa shape index (κ2) is 23.8. The van der Waals surface area contributed by atoms with E-state index >= 15 is 0 Å². The highest BCUT2D eigenvalue weighted by Crippen LogP contribution is 2.30. The molecule has 0 unspecified atom stereocenters. The standard InChI is InChI=1S/2C16H22O11/c1-7(17)22-6-12-13(23-8(2)18)14(24-9(3)19)15(25-10(4)20)16(27-12)26-11(5)21;1-8(18)23-7-14(25-10(3)20)16(27-12(5)22)15(26-11(4)21)13(6-17)24-9(2)19/h12-16H,6H2,1-5H3;6,13-16H,7H2,1-5H3/t12-,13-,14+,15-,16+;13-,14+,15+,16+/m10/s1. The monoisotopic (exact) mass is 780 g/mol. The maximum atomic E-state index is 11.5. The molecule has 1 rings (SSSR count). The van der Waals surface area contributed by atoms with Crippen LogP contribution in [0.5, 0.6) is 0 Å². The quantitative estimate of drug-likeness (QED) is 0.104. The Morgan fingerprint density at radius 1 is 0.481 bits per heavy atom. The lowest BCUT2D eigenvalue weighted by atomic mass is 9.98. The first-order valence-corrected chi connectivity index (χ1v) is 15.7. The van der Waals surface area contributed by atoms with Crippen LogP contribution in [0.4, 0.5) is 0 Å². The average molecular weight is 781 g/mol. The largest absolute Gasteiger partial charge is 0.463 e. The summed E-state index contributed by atoms with van der Waals surface area (Å²) < 4.78 is 55.3. The topological polar surface area (TPSA) is 289 Å². The van der Waals surface area contributed by atoms with Gasteiger partial charge in [0.05, 0.1) is 0 Å². The minimum atomic E-state index is -1.67. The third kappa shape index (κ3) is 19.2. The van der Waals surface area contributed by atoms with E-state index < -0.39 is 128 Å². The Morgan fingerprint density at radius 2 is 0.907 bits per heavy atom. The molecule has 0 amide bonds. The predicted octanol–water partition coefficient (Wildman–Crippen LogP) is -0.892. The molecule has 0 spiro atoms. The Labute approximate surface area is 308 Å². The fourth-order valence-corrected chi connectivity index (χ4v) is 4.48. The van der Waals surface area contributed by atoms with Gasteiger partial charge in [0.1, 0.15) is 19.3 Å². The zero-order valence-corrected chi connectivity index (χ0v) is 31.2. The summed E-state index contributed by atoms with van der Waals surface area (Å²) in [5, 5.41) is 0. The van der Waals surface area contributed by atoms with E-state index in [0.29, 0.717) is 0 Å². The highest BCUT2D eigenvalue weighted by Gasteiger charge is 2.53. The minimum absolute atomic E-state index is 0.155. The van der Waals surface area contributed by atoms with Gasteiger partial charge in [0.25, 0.3) is 0 Å². The maximum Gasteiger partial charge on any atom is 0.305 e. The summed E-state index contributed by atoms with van der Waals surface area (Å²) in [6, 6.07) is 0. The van der Waals surface area contributed by atoms with Gasteiger partial charge in [-0.3, -0.25) is 52.7 Å². The van der Waals surface area contributed by atoms with Crippen molar-refractivity contribution in [3.63, 3.8) is 0 Å². The van der Waals surface area contributed by atoms with Crippen molar-refractivity contribution in [2.45, 2.75) is 124 Å². The van der Waals surface area contributed by atoms with Crippen LogP contribution >= 0.6 is 0 Å². The van der Waals surface area contributed by atoms with Crippen molar-refractivity contribution < 1.29 is 105 Å². The van der Waals surface area contributed by atoms with Gasteiger partial charge in [-0.15, -0.1) is 0 Å². The summed E-state index contributed by atoms with van der Waals surface area (Å²) in [4.78, 5) is 125. The Hall–Kier alpha value is -5.67. The first-order valence-electron chi connectivity index (χ1n) is 15.7. The average Bonchev–Trinajstić information content (AvgIpc) is 3.00. The third-order valence-electron chi connectivity index (χ3n) is 6.05. The lowest BCUT2D eigenvalue weighted by molar-refractivity contribution is -0.300. The molecule has 1 heterocycles. The van der Waals surface area contributed by atoms with E-state index in [-0.39, 0.29) is 6.29 Å². The zero-order chi connectivity index (χ0) is 41.9. The molecule has 0 bridgehead atoms. The van der Waals surface area contributed by atoms with Gasteiger partial charge >= 0.3 is 59.7 Å². The van der Waals surface area contributed by atoms with Crippen LogP contribution < -0.4 is 0 Å². The molecular formula is C32H44O22. The smallest absolute Gasteiger partial charge is 0.305 e. The van der Waals surface area contributed by atoms with Crippen molar-refractivity contribution >= 4 is 66.0 Å². The molecular weight excluding hydrogens is 736 g/mol. The Balaban J connectivity index is 0.00000104. The number of carbonyl (C=O) groups excluding carboxylic acids is 11. The van der Waals surface area contributed by atoms with Crippen molar-refractivity contribution in [1.82, 2.24) is 0 Å². The van der Waals surface area contributed by atoms with Crippen molar-refractivity contribution in [1.29, 1.82) is 0 Å². The van der Waals surface area contributed by atoms with Crippen molar-refractivity contribution in [2.24, 2.45) is 0 Å². The predicted molar refractivity (Wildman–Crippen MR) is 169 cm³/mol. The minimum Gasteiger partial charge on any atom is -0.463 e. The van der Waals surface area contributed by atoms with Crippen LogP contribution in [0.1, 0.15) is 69.2 Å². The molecule has 54 heavy (non-hydrogen) atoms. The van der Waals surface area contributed by atoms with Gasteiger partial charge < -0.3 is 52.1 Å². The van der Waals surface area contributed by atoms with E-state index in [0.717, 1.165) is 69.2 Å². The van der Waals surface area contributed by atoms with E-state index in [4.69, 9.17) is 52.1 Å². The zero-order valence-electron chi connectivity index (χ0n) is 31.2. The van der Waals surface area contributed by atoms with Crippen molar-refractivity contribution in [2.75, 3.05) is 13.2 Å². The lowest BCUT2D eigenvalue weighted by Gasteiger charge is -2.43. The highest BCUT2D eigenvalue weighted by molar-refractivity contribution is 5.73. The third-order valence-corrected chi connectivity index (χ3v) is 6.05. The number of aldehydes is 1. The molecule has 0 N–H and O–H groups in total. The van der Waals surface area contributed by atoms with Crippen molar-refractivity contribution in [3.05, 3.63) is 0 Å². The summed E-state index contributed by atoms with van der Waals surface area (Å²) in [6.45, 7) is 9.69. The van der Waals surface area contributed by atoms with E-state index in [2.05, 4.69) is 0 Å². The SMILES string of the molecule is CC(=O)OC[C@@H](OC(C)=O)[C@@H](OC(C)=O)[C@H](OC(C)=O)[C@H](C=O)OC(C)=O.CC(=O)OC[C@H]1O[C@H](OC(C)=O)[C@H](OC(C)=O)[C@@H](OC(C)=O)[C@@H]1OC(C)=O. The molecule has 0 aromatic heterocycles. The molecule has 0 aliphatic carbocycles. The van der Waals surface area contributed by atoms with E-state index in [9.17, 15) is 52.7 Å². The molecule has 1 fully saturated rings. The van der Waals surface area contributed by atoms with Crippen LogP contribution in [0.25, 0.3) is 0 Å². The molecule has 0 aromatic rings. The first kappa shape index (κ1) is 48.3. The van der Waals surface area contributed by atoms with Crippen LogP contribution in [-0.2, 0) is 105 Å². The van der Waals surface area contributed by atoms with Gasteiger partial charge in [-0.25, -0.2) is 0 Å². The van der Waals surface area contributed by atoms with Gasteiger partial charge in [-0.05, 0) is 0 Å². The first-order chi connectivity index (χ1) is 25.0. The Kier molecular flexibility index (Phi) is 21.3. The molecule has 1 aliphatic rings. The summed E-state index contributed by atoms with van der Waals surface area (Å²) in [6.07, 6.45) is -12.9. The molecule has 304 valence electrons. The second-order valence-electron chi connectivity index (χ2n) is 11.0. The normalized spacial score (nSPS) is 20.8. The van der Waals surface area contributed by atoms with Crippen LogP contribution in [0, 0.1) is 0 Å². The molecule has 9 atom stereocenters. The molecule has 0 radical (unpaired) electrons. The van der Waals surface area contributed by atoms with Gasteiger partial charge in [0.15, 0.2) is 42.9 Å². The molecule has 1 aliphatic heterocycles. The molecule has 1 saturated heterocycles. The fourth-order valence-electron chi connectivity index (χ4n) is 4.48. The molecule has 0 aromatic carbocycles. The highest BCUT2D eigenvalue weighted by atomic mass is 16.7. The molecule has 0 saturated carbocycles. The van der Waals surface area contributed by atoms with E-state index in [1.54, 1.807) is 0 Å². The number of hydrogen-bond acceptors (Lipinski definition) is 22. The molecule has 22 heteroatoms. The maximum absolute atomic E-state index is 11.5. The van der Waals surface area contributed by atoms with Crippen LogP contribution in [0.2, 0.25) is 0 Å². The number of ether oxygens (including phenoxy) is 11. The summed E-state index contributed by atoms with van der Waals surface area (Å²) in [5.41, 5.74) is 0. The Bertz CT molecular complexity index is 1390. The van der Waals surface area contributed by atoms with Crippen LogP contribution in [0.15, 0.2) is 0 Å². The molecule has 22 nitrogen and oxygen atoms in total. The number of rotatable bonds is 16. The number of carbonyl (C=O) groups is 11. The fraction of sp³-hybridized carbons (Fsp3) is 0.656. The summed E-state index contributed by atoms with van der Waals surface area (Å²) >= 11 is 0. The van der Waals surface area contributed by atoms with Crippen molar-refractivity contribution in [3.8, 4) is 0 Å². The van der Waals surface area contributed by atoms with E-state index in [1.165, 1.54) is 0 Å². The summed E-state index contributed by atoms with van der Waals surface area (Å²) in [7, 11) is 0. The summed E-state index contributed by atoms with van der Waals surface area (Å²) in [5.74, 6) is -7.94. The van der Waals surface area contributed by atoms with Crippen LogP contribution in [0.3, 0.4) is 0 Å². The van der Waals surface area contributed by atoms with Gasteiger partial charge in [-0.2, -0.15) is 0 Å². The van der Waals surface area contributed by atoms with E-state index in [1.807, 2.05) is 0 Å². The van der Waals surface area contributed by atoms with Gasteiger partial charge in [0.2, 0.25) is 12.4 Å².